The number of ether oxygens (including phenoxy) is 1. The molecule has 0 bridgehead atoms. The molecule has 2 aromatic heterocycles. The van der Waals surface area contributed by atoms with Gasteiger partial charge in [-0.3, -0.25) is 9.59 Å². The van der Waals surface area contributed by atoms with E-state index in [1.165, 1.54) is 0 Å². The van der Waals surface area contributed by atoms with Gasteiger partial charge in [0.25, 0.3) is 5.91 Å². The quantitative estimate of drug-likeness (QED) is 0.570. The van der Waals surface area contributed by atoms with Crippen molar-refractivity contribution in [2.24, 2.45) is 0 Å². The summed E-state index contributed by atoms with van der Waals surface area (Å²) in [6.07, 6.45) is 1.62. The van der Waals surface area contributed by atoms with Gasteiger partial charge in [-0.15, -0.1) is 0 Å². The third kappa shape index (κ3) is 3.93. The predicted molar refractivity (Wildman–Crippen MR) is 109 cm³/mol. The number of rotatable bonds is 7. The molecule has 0 saturated carbocycles. The summed E-state index contributed by atoms with van der Waals surface area (Å²) in [6, 6.07) is 17.2. The average molecular weight is 378 g/mol. The molecule has 0 spiro atoms. The van der Waals surface area contributed by atoms with Gasteiger partial charge in [-0.2, -0.15) is 0 Å². The number of amides is 1. The second-order valence-electron chi connectivity index (χ2n) is 6.58. The lowest BCUT2D eigenvalue weighted by Gasteiger charge is -2.23. The number of hydrogen-bond donors (Lipinski definition) is 0. The number of carbonyl (C=O) groups is 2. The first-order chi connectivity index (χ1) is 13.6. The molecule has 3 aromatic rings. The first kappa shape index (κ1) is 19.7. The minimum Gasteiger partial charge on any atom is -0.451 e. The first-order valence-corrected chi connectivity index (χ1v) is 9.73. The molecule has 1 aromatic carbocycles. The number of nitrogens with zero attached hydrogens (tertiary/aromatic N) is 2. The summed E-state index contributed by atoms with van der Waals surface area (Å²) in [5.41, 5.74) is 3.11. The smallest absolute Gasteiger partial charge is 0.306 e. The van der Waals surface area contributed by atoms with Gasteiger partial charge >= 0.3 is 5.97 Å². The molecule has 0 radical (unpaired) electrons. The second-order valence-corrected chi connectivity index (χ2v) is 6.58. The molecule has 2 heterocycles. The highest BCUT2D eigenvalue weighted by Gasteiger charge is 2.24. The molecule has 0 aliphatic heterocycles. The monoisotopic (exact) mass is 378 g/mol. The van der Waals surface area contributed by atoms with E-state index in [0.29, 0.717) is 18.7 Å². The molecule has 1 unspecified atom stereocenters. The van der Waals surface area contributed by atoms with Crippen molar-refractivity contribution in [3.05, 3.63) is 77.6 Å². The third-order valence-corrected chi connectivity index (χ3v) is 4.87. The van der Waals surface area contributed by atoms with Crippen molar-refractivity contribution in [2.45, 2.75) is 33.3 Å². The van der Waals surface area contributed by atoms with Gasteiger partial charge in [0.1, 0.15) is 0 Å². The maximum Gasteiger partial charge on any atom is 0.306 e. The van der Waals surface area contributed by atoms with E-state index in [4.69, 9.17) is 4.74 Å². The van der Waals surface area contributed by atoms with Crippen LogP contribution in [0.15, 0.2) is 60.8 Å². The Morgan fingerprint density at radius 2 is 1.71 bits per heavy atom. The molecule has 0 aliphatic rings. The van der Waals surface area contributed by atoms with Crippen LogP contribution in [0, 0.1) is 0 Å². The fourth-order valence-corrected chi connectivity index (χ4v) is 3.34. The van der Waals surface area contributed by atoms with Crippen LogP contribution in [-0.2, 0) is 9.53 Å². The van der Waals surface area contributed by atoms with Crippen molar-refractivity contribution in [3.63, 3.8) is 0 Å². The Morgan fingerprint density at radius 1 is 1.00 bits per heavy atom. The molecule has 0 fully saturated rings. The van der Waals surface area contributed by atoms with Gasteiger partial charge in [0.2, 0.25) is 0 Å². The van der Waals surface area contributed by atoms with Crippen LogP contribution in [0.2, 0.25) is 0 Å². The Morgan fingerprint density at radius 3 is 2.36 bits per heavy atom. The third-order valence-electron chi connectivity index (χ3n) is 4.87. The summed E-state index contributed by atoms with van der Waals surface area (Å²) in [4.78, 5) is 26.9. The van der Waals surface area contributed by atoms with Crippen molar-refractivity contribution >= 4 is 17.4 Å². The van der Waals surface area contributed by atoms with Crippen molar-refractivity contribution < 1.29 is 14.3 Å². The standard InChI is InChI=1S/C23H26N2O3/c1-4-21(26)28-22(17-11-8-7-9-12-17)20-16-18(23(27)24(5-2)6-3)15-19-13-10-14-25(19)20/h7-16,22H,4-6H2,1-3H3. The van der Waals surface area contributed by atoms with Gasteiger partial charge < -0.3 is 14.0 Å². The number of esters is 1. The lowest BCUT2D eigenvalue weighted by Crippen LogP contribution is -2.30. The molecule has 1 amide bonds. The van der Waals surface area contributed by atoms with E-state index >= 15 is 0 Å². The van der Waals surface area contributed by atoms with Crippen LogP contribution in [0.3, 0.4) is 0 Å². The summed E-state index contributed by atoms with van der Waals surface area (Å²) in [5, 5.41) is 0. The zero-order chi connectivity index (χ0) is 20.1. The molecule has 3 rings (SSSR count). The highest BCUT2D eigenvalue weighted by Crippen LogP contribution is 2.29. The summed E-state index contributed by atoms with van der Waals surface area (Å²) in [5.74, 6) is -0.307. The van der Waals surface area contributed by atoms with E-state index in [0.717, 1.165) is 16.8 Å². The van der Waals surface area contributed by atoms with Crippen molar-refractivity contribution in [3.8, 4) is 0 Å². The van der Waals surface area contributed by atoms with E-state index in [9.17, 15) is 9.59 Å². The van der Waals surface area contributed by atoms with Crippen LogP contribution in [0.5, 0.6) is 0 Å². The van der Waals surface area contributed by atoms with Crippen LogP contribution in [0.25, 0.3) is 5.52 Å². The number of pyridine rings is 1. The normalized spacial score (nSPS) is 12.0. The van der Waals surface area contributed by atoms with Crippen LogP contribution >= 0.6 is 0 Å². The van der Waals surface area contributed by atoms with Crippen LogP contribution in [-0.4, -0.2) is 34.3 Å². The number of fused-ring (bicyclic) bond motifs is 1. The summed E-state index contributed by atoms with van der Waals surface area (Å²) in [7, 11) is 0. The fourth-order valence-electron chi connectivity index (χ4n) is 3.34. The van der Waals surface area contributed by atoms with Gasteiger partial charge in [0.15, 0.2) is 6.10 Å². The topological polar surface area (TPSA) is 51.0 Å². The van der Waals surface area contributed by atoms with E-state index in [-0.39, 0.29) is 18.3 Å². The Balaban J connectivity index is 2.16. The Hall–Kier alpha value is -3.08. The van der Waals surface area contributed by atoms with Crippen LogP contribution in [0.4, 0.5) is 0 Å². The maximum absolute atomic E-state index is 13.0. The van der Waals surface area contributed by atoms with Crippen LogP contribution in [0.1, 0.15) is 54.9 Å². The van der Waals surface area contributed by atoms with Gasteiger partial charge in [0.05, 0.1) is 5.69 Å². The summed E-state index contributed by atoms with van der Waals surface area (Å²) < 4.78 is 7.78. The predicted octanol–water partition coefficient (Wildman–Crippen LogP) is 4.46. The Labute approximate surface area is 165 Å². The Bertz CT molecular complexity index is 958. The minimum atomic E-state index is -0.590. The molecule has 5 heteroatoms. The lowest BCUT2D eigenvalue weighted by molar-refractivity contribution is -0.147. The van der Waals surface area contributed by atoms with Crippen molar-refractivity contribution in [2.75, 3.05) is 13.1 Å². The van der Waals surface area contributed by atoms with Gasteiger partial charge in [-0.1, -0.05) is 37.3 Å². The number of hydrogen-bond acceptors (Lipinski definition) is 3. The van der Waals surface area contributed by atoms with E-state index in [1.54, 1.807) is 11.8 Å². The first-order valence-electron chi connectivity index (χ1n) is 9.73. The van der Waals surface area contributed by atoms with Crippen molar-refractivity contribution in [1.82, 2.24) is 9.30 Å². The van der Waals surface area contributed by atoms with Gasteiger partial charge in [-0.05, 0) is 43.7 Å². The lowest BCUT2D eigenvalue weighted by atomic mass is 10.0. The summed E-state index contributed by atoms with van der Waals surface area (Å²) >= 11 is 0. The second kappa shape index (κ2) is 8.74. The maximum atomic E-state index is 13.0. The molecule has 0 saturated heterocycles. The molecular weight excluding hydrogens is 352 g/mol. The largest absolute Gasteiger partial charge is 0.451 e. The molecular formula is C23H26N2O3. The molecule has 0 N–H and O–H groups in total. The highest BCUT2D eigenvalue weighted by molar-refractivity contribution is 5.95. The molecule has 5 nitrogen and oxygen atoms in total. The highest BCUT2D eigenvalue weighted by atomic mass is 16.5. The SMILES string of the molecule is CCC(=O)OC(c1ccccc1)c1cc(C(=O)N(CC)CC)cc2cccn12. The number of benzene rings is 1. The Kier molecular flexibility index (Phi) is 6.14. The number of carbonyl (C=O) groups excluding carboxylic acids is 2. The molecule has 146 valence electrons. The molecule has 0 aliphatic carbocycles. The fraction of sp³-hybridized carbons (Fsp3) is 0.304. The van der Waals surface area contributed by atoms with Gasteiger partial charge in [-0.25, -0.2) is 0 Å². The minimum absolute atomic E-state index is 0.0245. The van der Waals surface area contributed by atoms with E-state index in [1.807, 2.05) is 79.0 Å². The zero-order valence-corrected chi connectivity index (χ0v) is 16.6. The molecule has 28 heavy (non-hydrogen) atoms. The average Bonchev–Trinajstić information content (AvgIpc) is 3.21. The zero-order valence-electron chi connectivity index (χ0n) is 16.6. The number of aromatic nitrogens is 1. The molecule has 1 atom stereocenters. The van der Waals surface area contributed by atoms with Crippen molar-refractivity contribution in [1.29, 1.82) is 0 Å². The van der Waals surface area contributed by atoms with Crippen LogP contribution < -0.4 is 0 Å². The van der Waals surface area contributed by atoms with E-state index in [2.05, 4.69) is 0 Å². The summed E-state index contributed by atoms with van der Waals surface area (Å²) in [6.45, 7) is 6.99. The van der Waals surface area contributed by atoms with Gasteiger partial charge in [0, 0.05) is 36.8 Å². The van der Waals surface area contributed by atoms with E-state index < -0.39 is 6.10 Å².